The minimum atomic E-state index is -0.172. The van der Waals surface area contributed by atoms with Crippen LogP contribution in [-0.2, 0) is 13.6 Å². The third-order valence-corrected chi connectivity index (χ3v) is 4.56. The van der Waals surface area contributed by atoms with Crippen molar-refractivity contribution in [1.82, 2.24) is 20.1 Å². The van der Waals surface area contributed by atoms with Crippen molar-refractivity contribution in [2.75, 3.05) is 7.05 Å². The largest absolute Gasteiger partial charge is 0.457 e. The van der Waals surface area contributed by atoms with Gasteiger partial charge in [-0.25, -0.2) is 0 Å². The molecule has 0 radical (unpaired) electrons. The standard InChI is InChI=1S/C23H25N5O2/c1-5-17(14-24-3)21-13-19(9-11-25-21)30-22-8-6-7-20(16(22)2)23(29)26-15-18-10-12-28(4)27-18/h5-14H,15H2,1-4H3,(H,26,29)/b17-5+,24-14?. The molecule has 1 N–H and O–H groups in total. The molecule has 0 bridgehead atoms. The molecule has 0 spiro atoms. The summed E-state index contributed by atoms with van der Waals surface area (Å²) >= 11 is 0. The molecule has 154 valence electrons. The smallest absolute Gasteiger partial charge is 0.252 e. The Morgan fingerprint density at radius 2 is 2.13 bits per heavy atom. The number of pyridine rings is 1. The van der Waals surface area contributed by atoms with Gasteiger partial charge in [-0.2, -0.15) is 5.10 Å². The molecule has 3 rings (SSSR count). The van der Waals surface area contributed by atoms with Crippen molar-refractivity contribution in [2.24, 2.45) is 12.0 Å². The average Bonchev–Trinajstić information content (AvgIpc) is 3.17. The van der Waals surface area contributed by atoms with Crippen molar-refractivity contribution < 1.29 is 9.53 Å². The van der Waals surface area contributed by atoms with Crippen LogP contribution in [0.5, 0.6) is 11.5 Å². The number of aliphatic imine (C=N–C) groups is 1. The van der Waals surface area contributed by atoms with Crippen molar-refractivity contribution in [3.05, 3.63) is 77.4 Å². The van der Waals surface area contributed by atoms with Gasteiger partial charge in [-0.3, -0.25) is 19.5 Å². The predicted molar refractivity (Wildman–Crippen MR) is 118 cm³/mol. The van der Waals surface area contributed by atoms with Crippen LogP contribution in [0.4, 0.5) is 0 Å². The van der Waals surface area contributed by atoms with Gasteiger partial charge in [0.15, 0.2) is 0 Å². The van der Waals surface area contributed by atoms with E-state index in [1.165, 1.54) is 0 Å². The normalized spacial score (nSPS) is 11.7. The van der Waals surface area contributed by atoms with Gasteiger partial charge < -0.3 is 10.1 Å². The van der Waals surface area contributed by atoms with Crippen LogP contribution >= 0.6 is 0 Å². The van der Waals surface area contributed by atoms with Crippen LogP contribution in [0.15, 0.2) is 59.9 Å². The van der Waals surface area contributed by atoms with Crippen LogP contribution in [0, 0.1) is 6.92 Å². The average molecular weight is 403 g/mol. The van der Waals surface area contributed by atoms with E-state index in [2.05, 4.69) is 20.4 Å². The van der Waals surface area contributed by atoms with Crippen LogP contribution < -0.4 is 10.1 Å². The molecule has 30 heavy (non-hydrogen) atoms. The first-order chi connectivity index (χ1) is 14.5. The SMILES string of the molecule is C/C=C(\C=NC)c1cc(Oc2cccc(C(=O)NCc3ccn(C)n3)c2C)ccn1. The highest BCUT2D eigenvalue weighted by Crippen LogP contribution is 2.28. The summed E-state index contributed by atoms with van der Waals surface area (Å²) in [6.07, 6.45) is 7.23. The summed E-state index contributed by atoms with van der Waals surface area (Å²) in [4.78, 5) is 21.1. The number of nitrogens with zero attached hydrogens (tertiary/aromatic N) is 4. The van der Waals surface area contributed by atoms with E-state index in [0.717, 1.165) is 22.5 Å². The van der Waals surface area contributed by atoms with Crippen LogP contribution in [0.1, 0.15) is 34.2 Å². The number of amides is 1. The third kappa shape index (κ3) is 5.00. The number of nitrogens with one attached hydrogen (secondary N) is 1. The summed E-state index contributed by atoms with van der Waals surface area (Å²) in [5.41, 5.74) is 3.79. The van der Waals surface area contributed by atoms with E-state index < -0.39 is 0 Å². The molecule has 0 aliphatic rings. The topological polar surface area (TPSA) is 81.4 Å². The fourth-order valence-electron chi connectivity index (χ4n) is 2.98. The number of hydrogen-bond acceptors (Lipinski definition) is 5. The van der Waals surface area contributed by atoms with E-state index in [9.17, 15) is 4.79 Å². The first kappa shape index (κ1) is 21.0. The van der Waals surface area contributed by atoms with E-state index in [4.69, 9.17) is 4.74 Å². The molecule has 7 heteroatoms. The number of ether oxygens (including phenoxy) is 1. The molecule has 0 aliphatic carbocycles. The number of benzene rings is 1. The molecule has 3 aromatic rings. The third-order valence-electron chi connectivity index (χ3n) is 4.56. The number of aromatic nitrogens is 3. The molecule has 1 aromatic carbocycles. The highest BCUT2D eigenvalue weighted by atomic mass is 16.5. The number of hydrogen-bond donors (Lipinski definition) is 1. The van der Waals surface area contributed by atoms with Gasteiger partial charge in [0.1, 0.15) is 11.5 Å². The maximum Gasteiger partial charge on any atom is 0.252 e. The van der Waals surface area contributed by atoms with Gasteiger partial charge in [0, 0.05) is 55.5 Å². The Morgan fingerprint density at radius 3 is 2.83 bits per heavy atom. The Hall–Kier alpha value is -3.74. The molecule has 0 saturated carbocycles. The van der Waals surface area contributed by atoms with Crippen molar-refractivity contribution in [1.29, 1.82) is 0 Å². The summed E-state index contributed by atoms with van der Waals surface area (Å²) in [5.74, 6) is 1.08. The first-order valence-electron chi connectivity index (χ1n) is 9.61. The molecule has 0 saturated heterocycles. The Labute approximate surface area is 176 Å². The van der Waals surface area contributed by atoms with Crippen molar-refractivity contribution in [2.45, 2.75) is 20.4 Å². The van der Waals surface area contributed by atoms with Crippen LogP contribution in [0.2, 0.25) is 0 Å². The second kappa shape index (κ2) is 9.65. The molecule has 2 aromatic heterocycles. The van der Waals surface area contributed by atoms with Gasteiger partial charge in [0.05, 0.1) is 17.9 Å². The second-order valence-electron chi connectivity index (χ2n) is 6.70. The number of aryl methyl sites for hydroxylation is 1. The zero-order valence-electron chi connectivity index (χ0n) is 17.6. The number of carbonyl (C=O) groups is 1. The van der Waals surface area contributed by atoms with Gasteiger partial charge in [0.2, 0.25) is 0 Å². The number of rotatable bonds is 7. The number of allylic oxidation sites excluding steroid dienone is 2. The van der Waals surface area contributed by atoms with Gasteiger partial charge in [-0.05, 0) is 38.1 Å². The Balaban J connectivity index is 1.77. The molecule has 0 atom stereocenters. The highest BCUT2D eigenvalue weighted by molar-refractivity contribution is 6.08. The molecule has 1 amide bonds. The van der Waals surface area contributed by atoms with Crippen molar-refractivity contribution in [3.63, 3.8) is 0 Å². The molecular formula is C23H25N5O2. The molecule has 0 aliphatic heterocycles. The van der Waals surface area contributed by atoms with E-state index >= 15 is 0 Å². The van der Waals surface area contributed by atoms with Crippen LogP contribution in [-0.4, -0.2) is 33.9 Å². The highest BCUT2D eigenvalue weighted by Gasteiger charge is 2.14. The van der Waals surface area contributed by atoms with Crippen molar-refractivity contribution >= 4 is 17.7 Å². The fourth-order valence-corrected chi connectivity index (χ4v) is 2.98. The lowest BCUT2D eigenvalue weighted by Crippen LogP contribution is -2.24. The zero-order chi connectivity index (χ0) is 21.5. The molecular weight excluding hydrogens is 378 g/mol. The summed E-state index contributed by atoms with van der Waals surface area (Å²) < 4.78 is 7.78. The van der Waals surface area contributed by atoms with E-state index in [-0.39, 0.29) is 5.91 Å². The summed E-state index contributed by atoms with van der Waals surface area (Å²) in [6, 6.07) is 10.9. The Morgan fingerprint density at radius 1 is 1.30 bits per heavy atom. The van der Waals surface area contributed by atoms with Crippen LogP contribution in [0.3, 0.4) is 0 Å². The molecule has 0 unspecified atom stereocenters. The van der Waals surface area contributed by atoms with Crippen molar-refractivity contribution in [3.8, 4) is 11.5 Å². The van der Waals surface area contributed by atoms with E-state index in [1.54, 1.807) is 42.3 Å². The first-order valence-corrected chi connectivity index (χ1v) is 9.61. The second-order valence-corrected chi connectivity index (χ2v) is 6.70. The monoisotopic (exact) mass is 403 g/mol. The lowest BCUT2D eigenvalue weighted by Gasteiger charge is -2.13. The predicted octanol–water partition coefficient (Wildman–Crippen LogP) is 3.95. The summed E-state index contributed by atoms with van der Waals surface area (Å²) in [6.45, 7) is 4.17. The lowest BCUT2D eigenvalue weighted by molar-refractivity contribution is 0.0949. The van der Waals surface area contributed by atoms with Gasteiger partial charge in [-0.15, -0.1) is 0 Å². The minimum absolute atomic E-state index is 0.172. The summed E-state index contributed by atoms with van der Waals surface area (Å²) in [7, 11) is 3.56. The molecule has 0 fully saturated rings. The van der Waals surface area contributed by atoms with E-state index in [0.29, 0.717) is 23.6 Å². The summed E-state index contributed by atoms with van der Waals surface area (Å²) in [5, 5.41) is 7.18. The van der Waals surface area contributed by atoms with Crippen LogP contribution in [0.25, 0.3) is 5.57 Å². The zero-order valence-corrected chi connectivity index (χ0v) is 17.6. The maximum absolute atomic E-state index is 12.7. The van der Waals surface area contributed by atoms with Gasteiger partial charge in [0.25, 0.3) is 5.91 Å². The van der Waals surface area contributed by atoms with Gasteiger partial charge in [-0.1, -0.05) is 12.1 Å². The Bertz CT molecular complexity index is 1100. The lowest BCUT2D eigenvalue weighted by atomic mass is 10.1. The maximum atomic E-state index is 12.7. The Kier molecular flexibility index (Phi) is 6.75. The van der Waals surface area contributed by atoms with Gasteiger partial charge >= 0.3 is 0 Å². The van der Waals surface area contributed by atoms with E-state index in [1.807, 2.05) is 51.4 Å². The molecule has 2 heterocycles. The fraction of sp³-hybridized carbons (Fsp3) is 0.217. The molecule has 7 nitrogen and oxygen atoms in total. The number of carbonyl (C=O) groups excluding carboxylic acids is 1. The quantitative estimate of drug-likeness (QED) is 0.606. The minimum Gasteiger partial charge on any atom is -0.457 e.